The quantitative estimate of drug-likeness (QED) is 0.597. The minimum atomic E-state index is -0.362. The average molecular weight is 274 g/mol. The van der Waals surface area contributed by atoms with Crippen molar-refractivity contribution in [2.24, 2.45) is 0 Å². The first-order valence-corrected chi connectivity index (χ1v) is 6.70. The number of hydrogen-bond acceptors (Lipinski definition) is 5. The Kier molecular flexibility index (Phi) is 4.81. The van der Waals surface area contributed by atoms with Crippen LogP contribution < -0.4 is 0 Å². The van der Waals surface area contributed by atoms with Gasteiger partial charge in [0.05, 0.1) is 25.2 Å². The molecule has 0 aliphatic rings. The molecule has 1 atom stereocenters. The van der Waals surface area contributed by atoms with Crippen LogP contribution in [-0.2, 0) is 4.74 Å². The highest BCUT2D eigenvalue weighted by molar-refractivity contribution is 5.87. The van der Waals surface area contributed by atoms with Crippen LogP contribution in [0.5, 0.6) is 0 Å². The lowest BCUT2D eigenvalue weighted by Gasteiger charge is -2.14. The Morgan fingerprint density at radius 2 is 2.15 bits per heavy atom. The number of hydrogen-bond donors (Lipinski definition) is 0. The summed E-state index contributed by atoms with van der Waals surface area (Å²) >= 11 is 0. The highest BCUT2D eigenvalue weighted by atomic mass is 16.5. The van der Waals surface area contributed by atoms with Gasteiger partial charge in [0.1, 0.15) is 5.69 Å². The second kappa shape index (κ2) is 6.79. The lowest BCUT2D eigenvalue weighted by molar-refractivity contribution is 0.0486. The van der Waals surface area contributed by atoms with Gasteiger partial charge in [0.15, 0.2) is 5.82 Å². The predicted octanol–water partition coefficient (Wildman–Crippen LogP) is 2.24. The summed E-state index contributed by atoms with van der Waals surface area (Å²) in [5.74, 6) is 0.270. The van der Waals surface area contributed by atoms with Gasteiger partial charge in [-0.05, 0) is 19.4 Å². The number of carbonyl (C=O) groups excluding carboxylic acids is 1. The average Bonchev–Trinajstić information content (AvgIpc) is 2.97. The summed E-state index contributed by atoms with van der Waals surface area (Å²) in [6.07, 6.45) is 8.30. The molecule has 0 aliphatic heterocycles. The largest absolute Gasteiger partial charge is 0.461 e. The van der Waals surface area contributed by atoms with E-state index in [-0.39, 0.29) is 12.0 Å². The molecule has 2 aromatic heterocycles. The van der Waals surface area contributed by atoms with E-state index in [4.69, 9.17) is 4.74 Å². The number of nitrogens with zero attached hydrogens (tertiary/aromatic N) is 4. The van der Waals surface area contributed by atoms with Crippen LogP contribution in [-0.4, -0.2) is 32.1 Å². The van der Waals surface area contributed by atoms with Crippen LogP contribution in [0, 0.1) is 0 Å². The Morgan fingerprint density at radius 3 is 2.85 bits per heavy atom. The van der Waals surface area contributed by atoms with Crippen molar-refractivity contribution in [3.63, 3.8) is 0 Å². The van der Waals surface area contributed by atoms with Gasteiger partial charge in [0, 0.05) is 12.4 Å². The molecule has 0 fully saturated rings. The highest BCUT2D eigenvalue weighted by Crippen LogP contribution is 2.16. The summed E-state index contributed by atoms with van der Waals surface area (Å²) in [6, 6.07) is 1.58. The van der Waals surface area contributed by atoms with Crippen molar-refractivity contribution >= 4 is 5.97 Å². The number of unbranched alkanes of at least 4 members (excludes halogenated alkanes) is 1. The van der Waals surface area contributed by atoms with Crippen LogP contribution in [0.2, 0.25) is 0 Å². The molecule has 0 saturated carbocycles. The van der Waals surface area contributed by atoms with Crippen LogP contribution in [0.25, 0.3) is 0 Å². The van der Waals surface area contributed by atoms with Gasteiger partial charge in [0.25, 0.3) is 0 Å². The van der Waals surface area contributed by atoms with Crippen LogP contribution in [0.4, 0.5) is 0 Å². The third-order valence-electron chi connectivity index (χ3n) is 2.98. The van der Waals surface area contributed by atoms with Crippen molar-refractivity contribution < 1.29 is 9.53 Å². The number of esters is 1. The number of aromatic nitrogens is 4. The van der Waals surface area contributed by atoms with E-state index in [1.807, 2.05) is 13.8 Å². The summed E-state index contributed by atoms with van der Waals surface area (Å²) in [5.41, 5.74) is 0.418. The maximum Gasteiger partial charge on any atom is 0.356 e. The fourth-order valence-electron chi connectivity index (χ4n) is 1.81. The molecule has 106 valence electrons. The van der Waals surface area contributed by atoms with Crippen LogP contribution in [0.15, 0.2) is 31.0 Å². The fraction of sp³-hybridized carbons (Fsp3) is 0.429. The van der Waals surface area contributed by atoms with E-state index in [0.29, 0.717) is 18.1 Å². The Hall–Kier alpha value is -2.24. The summed E-state index contributed by atoms with van der Waals surface area (Å²) in [4.78, 5) is 24.4. The maximum atomic E-state index is 12.0. The molecule has 0 N–H and O–H groups in total. The Morgan fingerprint density at radius 1 is 1.40 bits per heavy atom. The molecule has 0 saturated heterocycles. The van der Waals surface area contributed by atoms with E-state index in [2.05, 4.69) is 15.0 Å². The van der Waals surface area contributed by atoms with Gasteiger partial charge in [-0.25, -0.2) is 19.7 Å². The lowest BCUT2D eigenvalue weighted by Crippen LogP contribution is -2.17. The van der Waals surface area contributed by atoms with Gasteiger partial charge in [0.2, 0.25) is 0 Å². The summed E-state index contributed by atoms with van der Waals surface area (Å²) < 4.78 is 6.94. The third-order valence-corrected chi connectivity index (χ3v) is 2.98. The molecule has 0 aliphatic carbocycles. The van der Waals surface area contributed by atoms with Crippen molar-refractivity contribution in [2.75, 3.05) is 6.61 Å². The molecule has 2 aromatic rings. The van der Waals surface area contributed by atoms with Crippen molar-refractivity contribution in [1.82, 2.24) is 19.5 Å². The van der Waals surface area contributed by atoms with Crippen LogP contribution >= 0.6 is 0 Å². The number of ether oxygens (including phenoxy) is 1. The lowest BCUT2D eigenvalue weighted by atomic mass is 10.3. The van der Waals surface area contributed by atoms with Crippen LogP contribution in [0.1, 0.15) is 49.0 Å². The van der Waals surface area contributed by atoms with Crippen molar-refractivity contribution in [3.8, 4) is 0 Å². The van der Waals surface area contributed by atoms with Gasteiger partial charge in [-0.3, -0.25) is 0 Å². The molecule has 6 nitrogen and oxygen atoms in total. The molecular formula is C14H18N4O2. The standard InChI is InChI=1S/C14H18N4O2/c1-3-4-8-20-14(19)12-9-15-10-18(12)11(2)13-16-6-5-7-17-13/h5-7,9-11H,3-4,8H2,1-2H3. The summed E-state index contributed by atoms with van der Waals surface area (Å²) in [5, 5.41) is 0. The minimum absolute atomic E-state index is 0.174. The molecule has 2 rings (SSSR count). The summed E-state index contributed by atoms with van der Waals surface area (Å²) in [7, 11) is 0. The first-order valence-electron chi connectivity index (χ1n) is 6.70. The molecule has 6 heteroatoms. The summed E-state index contributed by atoms with van der Waals surface area (Å²) in [6.45, 7) is 4.39. The van der Waals surface area contributed by atoms with E-state index in [0.717, 1.165) is 12.8 Å². The predicted molar refractivity (Wildman–Crippen MR) is 73.3 cm³/mol. The number of imidazole rings is 1. The molecule has 2 heterocycles. The molecule has 0 bridgehead atoms. The number of carbonyl (C=O) groups is 1. The fourth-order valence-corrected chi connectivity index (χ4v) is 1.81. The normalized spacial score (nSPS) is 12.1. The smallest absolute Gasteiger partial charge is 0.356 e. The third kappa shape index (κ3) is 3.20. The molecule has 0 spiro atoms. The van der Waals surface area contributed by atoms with E-state index in [9.17, 15) is 4.79 Å². The van der Waals surface area contributed by atoms with Crippen molar-refractivity contribution in [1.29, 1.82) is 0 Å². The zero-order chi connectivity index (χ0) is 14.4. The Balaban J connectivity index is 2.14. The minimum Gasteiger partial charge on any atom is -0.461 e. The van der Waals surface area contributed by atoms with Crippen molar-refractivity contribution in [2.45, 2.75) is 32.7 Å². The van der Waals surface area contributed by atoms with E-state index in [1.54, 1.807) is 29.4 Å². The second-order valence-electron chi connectivity index (χ2n) is 4.46. The van der Waals surface area contributed by atoms with E-state index < -0.39 is 0 Å². The van der Waals surface area contributed by atoms with Crippen LogP contribution in [0.3, 0.4) is 0 Å². The molecule has 0 amide bonds. The van der Waals surface area contributed by atoms with Crippen molar-refractivity contribution in [3.05, 3.63) is 42.5 Å². The van der Waals surface area contributed by atoms with Gasteiger partial charge in [-0.15, -0.1) is 0 Å². The SMILES string of the molecule is CCCCOC(=O)c1cncn1C(C)c1ncccn1. The molecular weight excluding hydrogens is 256 g/mol. The van der Waals surface area contributed by atoms with Gasteiger partial charge < -0.3 is 9.30 Å². The number of rotatable bonds is 6. The molecule has 0 radical (unpaired) electrons. The molecule has 0 aromatic carbocycles. The first kappa shape index (κ1) is 14.2. The Labute approximate surface area is 117 Å². The molecule has 20 heavy (non-hydrogen) atoms. The Bertz CT molecular complexity index is 553. The van der Waals surface area contributed by atoms with Gasteiger partial charge in [-0.2, -0.15) is 0 Å². The zero-order valence-electron chi connectivity index (χ0n) is 11.7. The van der Waals surface area contributed by atoms with E-state index in [1.165, 1.54) is 6.20 Å². The topological polar surface area (TPSA) is 69.9 Å². The first-order chi connectivity index (χ1) is 9.74. The van der Waals surface area contributed by atoms with E-state index >= 15 is 0 Å². The second-order valence-corrected chi connectivity index (χ2v) is 4.46. The van der Waals surface area contributed by atoms with Gasteiger partial charge in [-0.1, -0.05) is 13.3 Å². The molecule has 1 unspecified atom stereocenters. The van der Waals surface area contributed by atoms with Gasteiger partial charge >= 0.3 is 5.97 Å². The highest BCUT2D eigenvalue weighted by Gasteiger charge is 2.19. The maximum absolute atomic E-state index is 12.0. The monoisotopic (exact) mass is 274 g/mol. The zero-order valence-corrected chi connectivity index (χ0v) is 11.7.